The van der Waals surface area contributed by atoms with Crippen LogP contribution in [0.15, 0.2) is 28.7 Å². The molecule has 2 heterocycles. The van der Waals surface area contributed by atoms with Crippen molar-refractivity contribution in [1.82, 2.24) is 10.3 Å². The first-order valence-electron chi connectivity index (χ1n) is 5.67. The van der Waals surface area contributed by atoms with Gasteiger partial charge in [0.15, 0.2) is 5.58 Å². The second-order valence-corrected chi connectivity index (χ2v) is 4.27. The number of oxazole rings is 1. The number of piperazine rings is 1. The van der Waals surface area contributed by atoms with E-state index in [2.05, 4.69) is 22.1 Å². The summed E-state index contributed by atoms with van der Waals surface area (Å²) in [4.78, 5) is 6.70. The van der Waals surface area contributed by atoms with Crippen molar-refractivity contribution in [3.05, 3.63) is 24.3 Å². The Morgan fingerprint density at radius 1 is 1.44 bits per heavy atom. The maximum Gasteiger partial charge on any atom is 0.298 e. The van der Waals surface area contributed by atoms with Gasteiger partial charge in [0.1, 0.15) is 5.52 Å². The number of nitrogens with one attached hydrogen (secondary N) is 1. The lowest BCUT2D eigenvalue weighted by Gasteiger charge is -2.30. The van der Waals surface area contributed by atoms with Gasteiger partial charge in [0.05, 0.1) is 0 Å². The zero-order chi connectivity index (χ0) is 11.0. The lowest BCUT2D eigenvalue weighted by atomic mass is 10.2. The zero-order valence-corrected chi connectivity index (χ0v) is 9.31. The number of aromatic nitrogens is 1. The molecular weight excluding hydrogens is 202 g/mol. The van der Waals surface area contributed by atoms with Gasteiger partial charge in [-0.05, 0) is 19.1 Å². The molecule has 1 aliphatic rings. The second-order valence-electron chi connectivity index (χ2n) is 4.27. The molecule has 4 heteroatoms. The van der Waals surface area contributed by atoms with Crippen LogP contribution in [0.25, 0.3) is 11.1 Å². The summed E-state index contributed by atoms with van der Waals surface area (Å²) in [6.07, 6.45) is 0. The molecule has 1 aromatic carbocycles. The Kier molecular flexibility index (Phi) is 2.29. The number of hydrogen-bond donors (Lipinski definition) is 1. The van der Waals surface area contributed by atoms with E-state index in [0.717, 1.165) is 36.7 Å². The Morgan fingerprint density at radius 2 is 2.31 bits per heavy atom. The van der Waals surface area contributed by atoms with E-state index in [4.69, 9.17) is 4.42 Å². The van der Waals surface area contributed by atoms with E-state index >= 15 is 0 Å². The Labute approximate surface area is 94.3 Å². The van der Waals surface area contributed by atoms with Crippen molar-refractivity contribution in [2.45, 2.75) is 13.0 Å². The first-order chi connectivity index (χ1) is 7.83. The van der Waals surface area contributed by atoms with Crippen LogP contribution in [0.4, 0.5) is 6.01 Å². The van der Waals surface area contributed by atoms with Gasteiger partial charge in [-0.1, -0.05) is 12.1 Å². The van der Waals surface area contributed by atoms with Gasteiger partial charge < -0.3 is 14.6 Å². The first kappa shape index (κ1) is 9.66. The minimum absolute atomic E-state index is 0.490. The van der Waals surface area contributed by atoms with Crippen LogP contribution in [-0.4, -0.2) is 30.7 Å². The van der Waals surface area contributed by atoms with Crippen molar-refractivity contribution < 1.29 is 4.42 Å². The molecule has 0 spiro atoms. The average Bonchev–Trinajstić information content (AvgIpc) is 2.72. The maximum atomic E-state index is 5.74. The van der Waals surface area contributed by atoms with Gasteiger partial charge >= 0.3 is 0 Å². The van der Waals surface area contributed by atoms with Crippen molar-refractivity contribution >= 4 is 17.1 Å². The van der Waals surface area contributed by atoms with E-state index in [-0.39, 0.29) is 0 Å². The largest absolute Gasteiger partial charge is 0.423 e. The fourth-order valence-electron chi connectivity index (χ4n) is 2.10. The Morgan fingerprint density at radius 3 is 3.12 bits per heavy atom. The summed E-state index contributed by atoms with van der Waals surface area (Å²) < 4.78 is 5.74. The smallest absolute Gasteiger partial charge is 0.298 e. The quantitative estimate of drug-likeness (QED) is 0.788. The molecule has 0 amide bonds. The third kappa shape index (κ3) is 1.65. The second kappa shape index (κ2) is 3.79. The minimum atomic E-state index is 0.490. The van der Waals surface area contributed by atoms with Crippen LogP contribution < -0.4 is 10.2 Å². The molecule has 0 bridgehead atoms. The van der Waals surface area contributed by atoms with Crippen molar-refractivity contribution in [3.63, 3.8) is 0 Å². The highest BCUT2D eigenvalue weighted by molar-refractivity contribution is 5.74. The molecule has 1 fully saturated rings. The number of nitrogens with zero attached hydrogens (tertiary/aromatic N) is 2. The van der Waals surface area contributed by atoms with Crippen LogP contribution in [0.3, 0.4) is 0 Å². The van der Waals surface area contributed by atoms with E-state index in [1.165, 1.54) is 0 Å². The number of anilines is 1. The lowest BCUT2D eigenvalue weighted by Crippen LogP contribution is -2.49. The van der Waals surface area contributed by atoms with E-state index in [0.29, 0.717) is 6.04 Å². The van der Waals surface area contributed by atoms with Crippen molar-refractivity contribution in [1.29, 1.82) is 0 Å². The number of fused-ring (bicyclic) bond motifs is 1. The molecule has 0 unspecified atom stereocenters. The molecule has 4 nitrogen and oxygen atoms in total. The summed E-state index contributed by atoms with van der Waals surface area (Å²) in [5.74, 6) is 0. The molecule has 1 aliphatic heterocycles. The highest BCUT2D eigenvalue weighted by Gasteiger charge is 2.19. The fraction of sp³-hybridized carbons (Fsp3) is 0.417. The summed E-state index contributed by atoms with van der Waals surface area (Å²) in [6.45, 7) is 5.07. The molecule has 2 aromatic rings. The third-order valence-corrected chi connectivity index (χ3v) is 2.92. The van der Waals surface area contributed by atoms with Gasteiger partial charge in [-0.2, -0.15) is 4.98 Å². The summed E-state index contributed by atoms with van der Waals surface area (Å²) >= 11 is 0. The number of hydrogen-bond acceptors (Lipinski definition) is 4. The van der Waals surface area contributed by atoms with Crippen LogP contribution in [0.1, 0.15) is 6.92 Å². The van der Waals surface area contributed by atoms with Crippen molar-refractivity contribution in [2.24, 2.45) is 0 Å². The SMILES string of the molecule is C[C@H]1CN(c2nc3ccccc3o2)CCN1. The van der Waals surface area contributed by atoms with E-state index in [1.807, 2.05) is 24.3 Å². The molecular formula is C12H15N3O. The summed E-state index contributed by atoms with van der Waals surface area (Å²) in [7, 11) is 0. The predicted molar refractivity (Wildman–Crippen MR) is 63.7 cm³/mol. The van der Waals surface area contributed by atoms with E-state index < -0.39 is 0 Å². The molecule has 1 atom stereocenters. The van der Waals surface area contributed by atoms with Gasteiger partial charge in [0, 0.05) is 25.7 Å². The number of benzene rings is 1. The standard InChI is InChI=1S/C12H15N3O/c1-9-8-15(7-6-13-9)12-14-10-4-2-3-5-11(10)16-12/h2-5,9,13H,6-8H2,1H3/t9-/m0/s1. The maximum absolute atomic E-state index is 5.74. The number of rotatable bonds is 1. The van der Waals surface area contributed by atoms with Gasteiger partial charge in [-0.15, -0.1) is 0 Å². The molecule has 3 rings (SSSR count). The van der Waals surface area contributed by atoms with Crippen LogP contribution in [0.5, 0.6) is 0 Å². The summed E-state index contributed by atoms with van der Waals surface area (Å²) in [5.41, 5.74) is 1.80. The molecule has 1 aromatic heterocycles. The molecule has 0 saturated carbocycles. The third-order valence-electron chi connectivity index (χ3n) is 2.92. The van der Waals surface area contributed by atoms with Gasteiger partial charge in [0.2, 0.25) is 0 Å². The Balaban J connectivity index is 1.93. The zero-order valence-electron chi connectivity index (χ0n) is 9.31. The highest BCUT2D eigenvalue weighted by atomic mass is 16.4. The predicted octanol–water partition coefficient (Wildman–Crippen LogP) is 1.63. The minimum Gasteiger partial charge on any atom is -0.423 e. The fourth-order valence-corrected chi connectivity index (χ4v) is 2.10. The van der Waals surface area contributed by atoms with E-state index in [1.54, 1.807) is 0 Å². The van der Waals surface area contributed by atoms with Crippen molar-refractivity contribution in [2.75, 3.05) is 24.5 Å². The van der Waals surface area contributed by atoms with E-state index in [9.17, 15) is 0 Å². The summed E-state index contributed by atoms with van der Waals surface area (Å²) in [6, 6.07) is 9.12. The van der Waals surface area contributed by atoms with Gasteiger partial charge in [-0.3, -0.25) is 0 Å². The lowest BCUT2D eigenvalue weighted by molar-refractivity contribution is 0.453. The normalized spacial score (nSPS) is 21.6. The highest BCUT2D eigenvalue weighted by Crippen LogP contribution is 2.22. The molecule has 0 aliphatic carbocycles. The Bertz CT molecular complexity index is 461. The van der Waals surface area contributed by atoms with Crippen LogP contribution in [0, 0.1) is 0 Å². The number of para-hydroxylation sites is 2. The van der Waals surface area contributed by atoms with Crippen LogP contribution in [0.2, 0.25) is 0 Å². The topological polar surface area (TPSA) is 41.3 Å². The monoisotopic (exact) mass is 217 g/mol. The van der Waals surface area contributed by atoms with Gasteiger partial charge in [0.25, 0.3) is 6.01 Å². The van der Waals surface area contributed by atoms with Crippen LogP contribution >= 0.6 is 0 Å². The molecule has 1 N–H and O–H groups in total. The summed E-state index contributed by atoms with van der Waals surface area (Å²) in [5, 5.41) is 3.40. The van der Waals surface area contributed by atoms with Crippen molar-refractivity contribution in [3.8, 4) is 0 Å². The first-order valence-corrected chi connectivity index (χ1v) is 5.67. The molecule has 1 saturated heterocycles. The van der Waals surface area contributed by atoms with Gasteiger partial charge in [-0.25, -0.2) is 0 Å². The molecule has 84 valence electrons. The van der Waals surface area contributed by atoms with Crippen LogP contribution in [-0.2, 0) is 0 Å². The Hall–Kier alpha value is -1.55. The molecule has 0 radical (unpaired) electrons. The average molecular weight is 217 g/mol. The molecule has 16 heavy (non-hydrogen) atoms.